The standard InChI is InChI=1S/C11H23NO3/c1-4-6-15-7-5-11(14)12-9(2)8-10(3)13/h9-10,13H,4-8H2,1-3H3,(H,12,14). The molecule has 0 heterocycles. The lowest BCUT2D eigenvalue weighted by molar-refractivity contribution is -0.122. The van der Waals surface area contributed by atoms with Crippen LogP contribution in [0.4, 0.5) is 0 Å². The highest BCUT2D eigenvalue weighted by Gasteiger charge is 2.09. The van der Waals surface area contributed by atoms with Crippen LogP contribution in [-0.2, 0) is 9.53 Å². The second-order valence-corrected chi connectivity index (χ2v) is 3.92. The van der Waals surface area contributed by atoms with E-state index in [2.05, 4.69) is 5.32 Å². The minimum atomic E-state index is -0.378. The normalized spacial score (nSPS) is 14.7. The molecular weight excluding hydrogens is 194 g/mol. The summed E-state index contributed by atoms with van der Waals surface area (Å²) in [6.07, 6.45) is 1.57. The Morgan fingerprint density at radius 1 is 1.40 bits per heavy atom. The topological polar surface area (TPSA) is 58.6 Å². The fourth-order valence-electron chi connectivity index (χ4n) is 1.33. The molecule has 0 aliphatic carbocycles. The van der Waals surface area contributed by atoms with Crippen LogP contribution in [0, 0.1) is 0 Å². The van der Waals surface area contributed by atoms with Gasteiger partial charge in [0.1, 0.15) is 0 Å². The predicted octanol–water partition coefficient (Wildman–Crippen LogP) is 1.08. The van der Waals surface area contributed by atoms with Crippen LogP contribution in [0.2, 0.25) is 0 Å². The fourth-order valence-corrected chi connectivity index (χ4v) is 1.33. The average Bonchev–Trinajstić information content (AvgIpc) is 2.10. The molecule has 2 atom stereocenters. The van der Waals surface area contributed by atoms with Gasteiger partial charge in [0, 0.05) is 19.1 Å². The molecule has 0 aromatic rings. The Morgan fingerprint density at radius 3 is 2.60 bits per heavy atom. The summed E-state index contributed by atoms with van der Waals surface area (Å²) in [4.78, 5) is 11.3. The molecule has 15 heavy (non-hydrogen) atoms. The van der Waals surface area contributed by atoms with Crippen molar-refractivity contribution in [3.63, 3.8) is 0 Å². The Balaban J connectivity index is 3.47. The molecule has 4 nitrogen and oxygen atoms in total. The van der Waals surface area contributed by atoms with Crippen molar-refractivity contribution in [2.24, 2.45) is 0 Å². The molecule has 0 saturated carbocycles. The highest BCUT2D eigenvalue weighted by molar-refractivity contribution is 5.76. The molecule has 2 N–H and O–H groups in total. The van der Waals surface area contributed by atoms with Gasteiger partial charge < -0.3 is 15.2 Å². The number of hydrogen-bond donors (Lipinski definition) is 2. The zero-order valence-electron chi connectivity index (χ0n) is 9.95. The smallest absolute Gasteiger partial charge is 0.222 e. The van der Waals surface area contributed by atoms with Gasteiger partial charge in [0.25, 0.3) is 0 Å². The third-order valence-corrected chi connectivity index (χ3v) is 1.92. The third kappa shape index (κ3) is 9.69. The van der Waals surface area contributed by atoms with Gasteiger partial charge in [0.15, 0.2) is 0 Å². The van der Waals surface area contributed by atoms with Gasteiger partial charge in [0.2, 0.25) is 5.91 Å². The second kappa shape index (κ2) is 8.68. The van der Waals surface area contributed by atoms with E-state index < -0.39 is 0 Å². The van der Waals surface area contributed by atoms with Crippen molar-refractivity contribution in [2.75, 3.05) is 13.2 Å². The molecule has 0 aromatic heterocycles. The van der Waals surface area contributed by atoms with E-state index in [0.29, 0.717) is 26.1 Å². The fraction of sp³-hybridized carbons (Fsp3) is 0.909. The van der Waals surface area contributed by atoms with Gasteiger partial charge in [-0.05, 0) is 26.7 Å². The van der Waals surface area contributed by atoms with Crippen LogP contribution >= 0.6 is 0 Å². The highest BCUT2D eigenvalue weighted by atomic mass is 16.5. The Labute approximate surface area is 92.0 Å². The highest BCUT2D eigenvalue weighted by Crippen LogP contribution is 1.97. The molecule has 2 unspecified atom stereocenters. The van der Waals surface area contributed by atoms with Crippen molar-refractivity contribution in [1.29, 1.82) is 0 Å². The van der Waals surface area contributed by atoms with Gasteiger partial charge in [-0.3, -0.25) is 4.79 Å². The number of carbonyl (C=O) groups excluding carboxylic acids is 1. The van der Waals surface area contributed by atoms with E-state index in [4.69, 9.17) is 9.84 Å². The molecule has 0 aromatic carbocycles. The number of ether oxygens (including phenoxy) is 1. The number of rotatable bonds is 8. The lowest BCUT2D eigenvalue weighted by Crippen LogP contribution is -2.35. The van der Waals surface area contributed by atoms with E-state index in [-0.39, 0.29) is 18.1 Å². The van der Waals surface area contributed by atoms with Gasteiger partial charge in [-0.25, -0.2) is 0 Å². The third-order valence-electron chi connectivity index (χ3n) is 1.92. The minimum absolute atomic E-state index is 0.0146. The summed E-state index contributed by atoms with van der Waals surface area (Å²) >= 11 is 0. The number of hydrogen-bond acceptors (Lipinski definition) is 3. The van der Waals surface area contributed by atoms with Gasteiger partial charge in [-0.1, -0.05) is 6.92 Å². The lowest BCUT2D eigenvalue weighted by atomic mass is 10.1. The Kier molecular flexibility index (Phi) is 8.33. The monoisotopic (exact) mass is 217 g/mol. The van der Waals surface area contributed by atoms with Crippen molar-refractivity contribution in [2.45, 2.75) is 52.2 Å². The number of carbonyl (C=O) groups is 1. The van der Waals surface area contributed by atoms with Crippen LogP contribution in [0.1, 0.15) is 40.0 Å². The lowest BCUT2D eigenvalue weighted by Gasteiger charge is -2.15. The molecule has 0 aliphatic heterocycles. The SMILES string of the molecule is CCCOCCC(=O)NC(C)CC(C)O. The molecule has 0 rings (SSSR count). The molecule has 0 spiro atoms. The van der Waals surface area contributed by atoms with Gasteiger partial charge in [0.05, 0.1) is 12.7 Å². The summed E-state index contributed by atoms with van der Waals surface area (Å²) in [5.41, 5.74) is 0. The maximum absolute atomic E-state index is 11.3. The van der Waals surface area contributed by atoms with Crippen LogP contribution in [0.15, 0.2) is 0 Å². The van der Waals surface area contributed by atoms with Crippen LogP contribution < -0.4 is 5.32 Å². The Morgan fingerprint density at radius 2 is 2.07 bits per heavy atom. The van der Waals surface area contributed by atoms with E-state index >= 15 is 0 Å². The molecule has 0 radical (unpaired) electrons. The van der Waals surface area contributed by atoms with Crippen molar-refractivity contribution in [1.82, 2.24) is 5.32 Å². The van der Waals surface area contributed by atoms with Gasteiger partial charge >= 0.3 is 0 Å². The molecular formula is C11H23NO3. The Bertz CT molecular complexity index is 171. The number of aliphatic hydroxyl groups is 1. The molecule has 90 valence electrons. The first-order chi connectivity index (χ1) is 7.06. The van der Waals surface area contributed by atoms with E-state index in [1.54, 1.807) is 6.92 Å². The maximum atomic E-state index is 11.3. The zero-order chi connectivity index (χ0) is 11.7. The molecule has 0 bridgehead atoms. The summed E-state index contributed by atoms with van der Waals surface area (Å²) in [5, 5.41) is 11.9. The first-order valence-electron chi connectivity index (χ1n) is 5.61. The summed E-state index contributed by atoms with van der Waals surface area (Å²) in [5.74, 6) is -0.0146. The second-order valence-electron chi connectivity index (χ2n) is 3.92. The van der Waals surface area contributed by atoms with Gasteiger partial charge in [-0.15, -0.1) is 0 Å². The quantitative estimate of drug-likeness (QED) is 0.598. The first kappa shape index (κ1) is 14.4. The van der Waals surface area contributed by atoms with E-state index in [0.717, 1.165) is 6.42 Å². The summed E-state index contributed by atoms with van der Waals surface area (Å²) in [6.45, 7) is 6.81. The van der Waals surface area contributed by atoms with Crippen molar-refractivity contribution >= 4 is 5.91 Å². The summed E-state index contributed by atoms with van der Waals surface area (Å²) < 4.78 is 5.21. The van der Waals surface area contributed by atoms with Crippen molar-refractivity contribution in [3.05, 3.63) is 0 Å². The molecule has 0 saturated heterocycles. The molecule has 0 aliphatic rings. The van der Waals surface area contributed by atoms with Crippen LogP contribution in [-0.4, -0.2) is 36.4 Å². The van der Waals surface area contributed by atoms with Crippen LogP contribution in [0.25, 0.3) is 0 Å². The molecule has 1 amide bonds. The van der Waals surface area contributed by atoms with E-state index in [9.17, 15) is 4.79 Å². The van der Waals surface area contributed by atoms with Crippen LogP contribution in [0.5, 0.6) is 0 Å². The number of nitrogens with one attached hydrogen (secondary N) is 1. The predicted molar refractivity (Wildman–Crippen MR) is 59.6 cm³/mol. The van der Waals surface area contributed by atoms with Gasteiger partial charge in [-0.2, -0.15) is 0 Å². The molecule has 0 fully saturated rings. The number of aliphatic hydroxyl groups excluding tert-OH is 1. The largest absolute Gasteiger partial charge is 0.393 e. The van der Waals surface area contributed by atoms with E-state index in [1.807, 2.05) is 13.8 Å². The van der Waals surface area contributed by atoms with E-state index in [1.165, 1.54) is 0 Å². The molecule has 4 heteroatoms. The van der Waals surface area contributed by atoms with Crippen LogP contribution in [0.3, 0.4) is 0 Å². The van der Waals surface area contributed by atoms with Crippen molar-refractivity contribution < 1.29 is 14.6 Å². The summed E-state index contributed by atoms with van der Waals surface area (Å²) in [7, 11) is 0. The summed E-state index contributed by atoms with van der Waals surface area (Å²) in [6, 6.07) is 0.0173. The average molecular weight is 217 g/mol. The first-order valence-corrected chi connectivity index (χ1v) is 5.61. The minimum Gasteiger partial charge on any atom is -0.393 e. The maximum Gasteiger partial charge on any atom is 0.222 e. The zero-order valence-corrected chi connectivity index (χ0v) is 9.95. The number of amides is 1. The Hall–Kier alpha value is -0.610. The van der Waals surface area contributed by atoms with Crippen molar-refractivity contribution in [3.8, 4) is 0 Å².